The molecule has 0 saturated carbocycles. The molecular weight excluding hydrogens is 181 g/mol. The van der Waals surface area contributed by atoms with E-state index in [1.165, 1.54) is 0 Å². The van der Waals surface area contributed by atoms with E-state index >= 15 is 0 Å². The molecule has 1 unspecified atom stereocenters. The average Bonchev–Trinajstić information content (AvgIpc) is 1.82. The molecule has 3 heteroatoms. The van der Waals surface area contributed by atoms with Crippen molar-refractivity contribution >= 4 is 20.7 Å². The van der Waals surface area contributed by atoms with Crippen molar-refractivity contribution in [1.29, 1.82) is 0 Å². The molecule has 0 rings (SSSR count). The minimum atomic E-state index is -0.202. The number of hydrogen-bond donors (Lipinski definition) is 1. The van der Waals surface area contributed by atoms with Crippen LogP contribution < -0.4 is 5.73 Å². The molecule has 0 aliphatic rings. The van der Waals surface area contributed by atoms with Gasteiger partial charge in [0.05, 0.1) is 0 Å². The zero-order valence-corrected chi connectivity index (χ0v) is 7.60. The summed E-state index contributed by atoms with van der Waals surface area (Å²) in [5, 5.41) is 1.12. The molecule has 0 bridgehead atoms. The Labute approximate surface area is 62.3 Å². The Balaban J connectivity index is 3.27. The Morgan fingerprint density at radius 2 is 2.33 bits per heavy atom. The third-order valence-electron chi connectivity index (χ3n) is 1.16. The van der Waals surface area contributed by atoms with Crippen LogP contribution in [0.1, 0.15) is 13.3 Å². The Morgan fingerprint density at radius 1 is 1.78 bits per heavy atom. The van der Waals surface area contributed by atoms with Gasteiger partial charge in [-0.1, -0.05) is 0 Å². The van der Waals surface area contributed by atoms with Gasteiger partial charge in [-0.3, -0.25) is 0 Å². The quantitative estimate of drug-likeness (QED) is 0.661. The first-order valence-electron chi connectivity index (χ1n) is 2.93. The fourth-order valence-electron chi connectivity index (χ4n) is 0.448. The number of ketones is 1. The van der Waals surface area contributed by atoms with E-state index in [0.717, 1.165) is 11.7 Å². The van der Waals surface area contributed by atoms with E-state index < -0.39 is 0 Å². The molecule has 0 spiro atoms. The van der Waals surface area contributed by atoms with Crippen LogP contribution in [0.5, 0.6) is 0 Å². The molecule has 0 aliphatic carbocycles. The van der Waals surface area contributed by atoms with Gasteiger partial charge in [0, 0.05) is 0 Å². The van der Waals surface area contributed by atoms with E-state index in [2.05, 4.69) is 5.82 Å². The van der Waals surface area contributed by atoms with Gasteiger partial charge >= 0.3 is 61.8 Å². The molecular formula is C6H13NOSe. The van der Waals surface area contributed by atoms with E-state index in [-0.39, 0.29) is 11.8 Å². The van der Waals surface area contributed by atoms with Crippen LogP contribution in [0.4, 0.5) is 0 Å². The summed E-state index contributed by atoms with van der Waals surface area (Å²) in [6, 6.07) is -0.202. The third kappa shape index (κ3) is 4.64. The Kier molecular flexibility index (Phi) is 5.06. The van der Waals surface area contributed by atoms with E-state index in [1.54, 1.807) is 6.92 Å². The first-order chi connectivity index (χ1) is 4.18. The van der Waals surface area contributed by atoms with Crippen LogP contribution in [-0.2, 0) is 4.79 Å². The van der Waals surface area contributed by atoms with Gasteiger partial charge in [0.1, 0.15) is 0 Å². The Bertz CT molecular complexity index is 95.1. The monoisotopic (exact) mass is 195 g/mol. The predicted octanol–water partition coefficient (Wildman–Crippen LogP) is 0.463. The van der Waals surface area contributed by atoms with Crippen molar-refractivity contribution in [3.05, 3.63) is 0 Å². The van der Waals surface area contributed by atoms with Gasteiger partial charge in [-0.2, -0.15) is 0 Å². The van der Waals surface area contributed by atoms with Crippen molar-refractivity contribution in [3.63, 3.8) is 0 Å². The van der Waals surface area contributed by atoms with Gasteiger partial charge < -0.3 is 0 Å². The summed E-state index contributed by atoms with van der Waals surface area (Å²) in [5.41, 5.74) is 5.46. The molecule has 0 heterocycles. The van der Waals surface area contributed by atoms with Gasteiger partial charge in [0.25, 0.3) is 0 Å². The van der Waals surface area contributed by atoms with Crippen LogP contribution in [-0.4, -0.2) is 26.8 Å². The van der Waals surface area contributed by atoms with Gasteiger partial charge in [-0.25, -0.2) is 0 Å². The first-order valence-corrected chi connectivity index (χ1v) is 5.86. The van der Waals surface area contributed by atoms with Crippen molar-refractivity contribution in [2.45, 2.75) is 30.5 Å². The van der Waals surface area contributed by atoms with Gasteiger partial charge in [-0.05, 0) is 0 Å². The molecule has 0 aromatic heterocycles. The number of rotatable bonds is 4. The number of hydrogen-bond acceptors (Lipinski definition) is 2. The van der Waals surface area contributed by atoms with E-state index in [1.807, 2.05) is 0 Å². The second-order valence-electron chi connectivity index (χ2n) is 2.00. The van der Waals surface area contributed by atoms with Crippen molar-refractivity contribution in [2.24, 2.45) is 5.73 Å². The number of carbonyl (C=O) groups is 1. The Hall–Kier alpha value is 0.149. The van der Waals surface area contributed by atoms with Crippen LogP contribution in [0.3, 0.4) is 0 Å². The van der Waals surface area contributed by atoms with E-state index in [4.69, 9.17) is 5.73 Å². The SMILES string of the molecule is C[Se]CCC(N)C(C)=O. The summed E-state index contributed by atoms with van der Waals surface area (Å²) in [4.78, 5) is 10.5. The molecule has 2 nitrogen and oxygen atoms in total. The molecule has 0 amide bonds. The van der Waals surface area contributed by atoms with E-state index in [9.17, 15) is 4.79 Å². The summed E-state index contributed by atoms with van der Waals surface area (Å²) in [6.45, 7) is 1.55. The first kappa shape index (κ1) is 9.15. The topological polar surface area (TPSA) is 43.1 Å². The van der Waals surface area contributed by atoms with E-state index in [0.29, 0.717) is 15.0 Å². The summed E-state index contributed by atoms with van der Waals surface area (Å²) in [6.07, 6.45) is 0.867. The van der Waals surface area contributed by atoms with Crippen molar-refractivity contribution in [1.82, 2.24) is 0 Å². The van der Waals surface area contributed by atoms with Crippen LogP contribution in [0, 0.1) is 0 Å². The van der Waals surface area contributed by atoms with Gasteiger partial charge in [0.2, 0.25) is 0 Å². The molecule has 0 aromatic carbocycles. The molecule has 54 valence electrons. The van der Waals surface area contributed by atoms with Crippen LogP contribution in [0.15, 0.2) is 0 Å². The fraction of sp³-hybridized carbons (Fsp3) is 0.833. The predicted molar refractivity (Wildman–Crippen MR) is 39.7 cm³/mol. The number of Topliss-reactive ketones (excluding diaryl/α,β-unsaturated/α-hetero) is 1. The molecule has 0 radical (unpaired) electrons. The summed E-state index contributed by atoms with van der Waals surface area (Å²) >= 11 is 0.660. The molecule has 2 N–H and O–H groups in total. The van der Waals surface area contributed by atoms with Crippen LogP contribution >= 0.6 is 0 Å². The zero-order chi connectivity index (χ0) is 7.28. The molecule has 9 heavy (non-hydrogen) atoms. The Morgan fingerprint density at radius 3 is 2.67 bits per heavy atom. The fourth-order valence-corrected chi connectivity index (χ4v) is 1.48. The van der Waals surface area contributed by atoms with Crippen LogP contribution in [0.2, 0.25) is 11.1 Å². The molecule has 0 saturated heterocycles. The summed E-state index contributed by atoms with van der Waals surface area (Å²) in [5.74, 6) is 2.26. The molecule has 0 aliphatic heterocycles. The number of carbonyl (C=O) groups excluding carboxylic acids is 1. The second kappa shape index (κ2) is 4.98. The van der Waals surface area contributed by atoms with Gasteiger partial charge in [-0.15, -0.1) is 0 Å². The number of nitrogens with two attached hydrogens (primary N) is 1. The third-order valence-corrected chi connectivity index (χ3v) is 2.51. The minimum absolute atomic E-state index is 0.110. The zero-order valence-electron chi connectivity index (χ0n) is 5.89. The second-order valence-corrected chi connectivity index (χ2v) is 4.07. The standard InChI is InChI=1S/C6H13NOSe/c1-5(8)6(7)3-4-9-2/h6H,3-4,7H2,1-2H3. The maximum absolute atomic E-state index is 10.5. The normalized spacial score (nSPS) is 13.2. The average molecular weight is 194 g/mol. The summed E-state index contributed by atoms with van der Waals surface area (Å²) < 4.78 is 0. The molecule has 1 atom stereocenters. The molecule has 0 fully saturated rings. The van der Waals surface area contributed by atoms with Crippen LogP contribution in [0.25, 0.3) is 0 Å². The summed E-state index contributed by atoms with van der Waals surface area (Å²) in [7, 11) is 0. The molecule has 0 aromatic rings. The van der Waals surface area contributed by atoms with Crippen molar-refractivity contribution < 1.29 is 4.79 Å². The maximum atomic E-state index is 10.5. The van der Waals surface area contributed by atoms with Crippen molar-refractivity contribution in [2.75, 3.05) is 0 Å². The van der Waals surface area contributed by atoms with Gasteiger partial charge in [0.15, 0.2) is 0 Å². The van der Waals surface area contributed by atoms with Crippen molar-refractivity contribution in [3.8, 4) is 0 Å².